The molecule has 0 saturated heterocycles. The van der Waals surface area contributed by atoms with Crippen LogP contribution in [0.1, 0.15) is 25.0 Å². The number of anilines is 3. The molecule has 69 heavy (non-hydrogen) atoms. The van der Waals surface area contributed by atoms with Crippen molar-refractivity contribution in [2.24, 2.45) is 0 Å². The van der Waals surface area contributed by atoms with Gasteiger partial charge >= 0.3 is 0 Å². The standard InChI is InChI=1S/C67H48N2/c1-67(2)62-22-9-5-19-58(62)59-41-40-56(44-63(59)67)68(55-38-34-48(35-39-55)51-16-13-17-52(42-51)53-31-28-45-14-3-4-15-50(45)43-53)54-36-32-47(33-37-54)46-26-29-49(30-27-46)57-18-6-10-23-64(57)69-65-24-11-7-20-60(65)61-21-8-12-25-66(61)69/h3-44H,1-2H3. The molecule has 0 aliphatic heterocycles. The quantitative estimate of drug-likeness (QED) is 0.148. The van der Waals surface area contributed by atoms with E-state index in [4.69, 9.17) is 0 Å². The summed E-state index contributed by atoms with van der Waals surface area (Å²) < 4.78 is 2.41. The van der Waals surface area contributed by atoms with Crippen molar-refractivity contribution in [2.75, 3.05) is 4.90 Å². The first-order chi connectivity index (χ1) is 34.0. The predicted molar refractivity (Wildman–Crippen MR) is 292 cm³/mol. The molecule has 0 fully saturated rings. The molecule has 12 aromatic rings. The number of hydrogen-bond acceptors (Lipinski definition) is 1. The van der Waals surface area contributed by atoms with Gasteiger partial charge in [0.15, 0.2) is 0 Å². The zero-order valence-electron chi connectivity index (χ0n) is 38.6. The Morgan fingerprint density at radius 2 is 0.783 bits per heavy atom. The maximum atomic E-state index is 2.42. The maximum Gasteiger partial charge on any atom is 0.0541 e. The van der Waals surface area contributed by atoms with Crippen LogP contribution < -0.4 is 4.90 Å². The summed E-state index contributed by atoms with van der Waals surface area (Å²) in [5.41, 5.74) is 21.8. The Hall–Kier alpha value is -8.72. The first kappa shape index (κ1) is 40.5. The molecule has 0 bridgehead atoms. The minimum absolute atomic E-state index is 0.118. The summed E-state index contributed by atoms with van der Waals surface area (Å²) in [5, 5.41) is 5.04. The molecule has 1 aliphatic rings. The largest absolute Gasteiger partial charge is 0.310 e. The first-order valence-corrected chi connectivity index (χ1v) is 24.0. The topological polar surface area (TPSA) is 8.17 Å². The van der Waals surface area contributed by atoms with Crippen LogP contribution >= 0.6 is 0 Å². The molecule has 326 valence electrons. The third-order valence-corrected chi connectivity index (χ3v) is 14.6. The number of para-hydroxylation sites is 3. The summed E-state index contributed by atoms with van der Waals surface area (Å²) in [7, 11) is 0. The molecule has 0 radical (unpaired) electrons. The minimum atomic E-state index is -0.118. The molecule has 0 unspecified atom stereocenters. The van der Waals surface area contributed by atoms with Crippen molar-refractivity contribution in [3.8, 4) is 61.3 Å². The highest BCUT2D eigenvalue weighted by Crippen LogP contribution is 2.51. The summed E-state index contributed by atoms with van der Waals surface area (Å²) in [6.45, 7) is 4.71. The Kier molecular flexibility index (Phi) is 9.55. The molecule has 0 spiro atoms. The second-order valence-corrected chi connectivity index (χ2v) is 18.9. The van der Waals surface area contributed by atoms with Crippen molar-refractivity contribution in [1.82, 2.24) is 4.57 Å². The molecule has 1 aliphatic carbocycles. The molecule has 13 rings (SSSR count). The number of benzene rings is 11. The van der Waals surface area contributed by atoms with Crippen LogP contribution in [0.5, 0.6) is 0 Å². The monoisotopic (exact) mass is 880 g/mol. The molecular weight excluding hydrogens is 833 g/mol. The van der Waals surface area contributed by atoms with Crippen molar-refractivity contribution >= 4 is 49.6 Å². The van der Waals surface area contributed by atoms with Gasteiger partial charge in [0, 0.05) is 38.8 Å². The van der Waals surface area contributed by atoms with Gasteiger partial charge in [0.05, 0.1) is 16.7 Å². The summed E-state index contributed by atoms with van der Waals surface area (Å²) >= 11 is 0. The highest BCUT2D eigenvalue weighted by molar-refractivity contribution is 6.09. The average molecular weight is 881 g/mol. The van der Waals surface area contributed by atoms with Crippen LogP contribution in [0.3, 0.4) is 0 Å². The second kappa shape index (κ2) is 16.3. The Morgan fingerprint density at radius 3 is 1.48 bits per heavy atom. The van der Waals surface area contributed by atoms with E-state index < -0.39 is 0 Å². The van der Waals surface area contributed by atoms with Crippen LogP contribution in [-0.4, -0.2) is 4.57 Å². The minimum Gasteiger partial charge on any atom is -0.310 e. The van der Waals surface area contributed by atoms with Crippen LogP contribution in [0.15, 0.2) is 255 Å². The van der Waals surface area contributed by atoms with E-state index in [2.05, 4.69) is 278 Å². The number of rotatable bonds is 8. The molecule has 1 heterocycles. The molecule has 2 nitrogen and oxygen atoms in total. The van der Waals surface area contributed by atoms with E-state index in [1.807, 2.05) is 0 Å². The van der Waals surface area contributed by atoms with E-state index in [0.717, 1.165) is 17.1 Å². The molecule has 2 heteroatoms. The van der Waals surface area contributed by atoms with Crippen molar-refractivity contribution in [3.05, 3.63) is 266 Å². The lowest BCUT2D eigenvalue weighted by Crippen LogP contribution is -2.16. The predicted octanol–water partition coefficient (Wildman–Crippen LogP) is 18.4. The summed E-state index contributed by atoms with van der Waals surface area (Å²) in [5.74, 6) is 0. The van der Waals surface area contributed by atoms with Crippen molar-refractivity contribution in [2.45, 2.75) is 19.3 Å². The third-order valence-electron chi connectivity index (χ3n) is 14.6. The van der Waals surface area contributed by atoms with E-state index in [-0.39, 0.29) is 5.41 Å². The van der Waals surface area contributed by atoms with E-state index in [1.54, 1.807) is 0 Å². The van der Waals surface area contributed by atoms with Crippen molar-refractivity contribution in [1.29, 1.82) is 0 Å². The van der Waals surface area contributed by atoms with Gasteiger partial charge in [-0.05, 0) is 139 Å². The van der Waals surface area contributed by atoms with Crippen LogP contribution in [-0.2, 0) is 5.41 Å². The second-order valence-electron chi connectivity index (χ2n) is 18.9. The number of nitrogens with zero attached hydrogens (tertiary/aromatic N) is 2. The molecule has 0 N–H and O–H groups in total. The third kappa shape index (κ3) is 6.87. The fourth-order valence-electron chi connectivity index (χ4n) is 11.1. The summed E-state index contributed by atoms with van der Waals surface area (Å²) in [4.78, 5) is 2.41. The fraction of sp³-hybridized carbons (Fsp3) is 0.0448. The SMILES string of the molecule is CC1(C)c2ccccc2-c2ccc(N(c3ccc(-c4ccc(-c5ccccc5-n5c6ccccc6c6ccccc65)cc4)cc3)c3ccc(-c4cccc(-c5ccc6ccccc6c5)c4)cc3)cc21. The van der Waals surface area contributed by atoms with Crippen LogP contribution in [0.25, 0.3) is 93.9 Å². The molecule has 11 aromatic carbocycles. The number of fused-ring (bicyclic) bond motifs is 7. The normalized spacial score (nSPS) is 12.6. The Bertz CT molecular complexity index is 3860. The van der Waals surface area contributed by atoms with Gasteiger partial charge in [-0.3, -0.25) is 0 Å². The first-order valence-electron chi connectivity index (χ1n) is 24.0. The van der Waals surface area contributed by atoms with E-state index in [1.165, 1.54) is 105 Å². The fourth-order valence-corrected chi connectivity index (χ4v) is 11.1. The average Bonchev–Trinajstić information content (AvgIpc) is 3.87. The lowest BCUT2D eigenvalue weighted by molar-refractivity contribution is 0.660. The van der Waals surface area contributed by atoms with Gasteiger partial charge in [0.1, 0.15) is 0 Å². The van der Waals surface area contributed by atoms with Gasteiger partial charge in [0.2, 0.25) is 0 Å². The van der Waals surface area contributed by atoms with Crippen LogP contribution in [0.4, 0.5) is 17.1 Å². The Labute approximate surface area is 403 Å². The van der Waals surface area contributed by atoms with Gasteiger partial charge in [-0.25, -0.2) is 0 Å². The van der Waals surface area contributed by atoms with Crippen LogP contribution in [0.2, 0.25) is 0 Å². The molecule has 1 aromatic heterocycles. The summed E-state index contributed by atoms with van der Waals surface area (Å²) in [6, 6.07) is 93.6. The molecular formula is C67H48N2. The lowest BCUT2D eigenvalue weighted by Gasteiger charge is -2.28. The smallest absolute Gasteiger partial charge is 0.0541 e. The highest BCUT2D eigenvalue weighted by Gasteiger charge is 2.35. The maximum absolute atomic E-state index is 2.42. The lowest BCUT2D eigenvalue weighted by atomic mass is 9.82. The van der Waals surface area contributed by atoms with Gasteiger partial charge in [-0.2, -0.15) is 0 Å². The highest BCUT2D eigenvalue weighted by atomic mass is 15.1. The molecule has 0 saturated carbocycles. The van der Waals surface area contributed by atoms with E-state index in [9.17, 15) is 0 Å². The van der Waals surface area contributed by atoms with E-state index >= 15 is 0 Å². The van der Waals surface area contributed by atoms with Gasteiger partial charge < -0.3 is 9.47 Å². The zero-order valence-corrected chi connectivity index (χ0v) is 38.6. The van der Waals surface area contributed by atoms with Crippen LogP contribution in [0, 0.1) is 0 Å². The molecule has 0 amide bonds. The Morgan fingerprint density at radius 1 is 0.304 bits per heavy atom. The van der Waals surface area contributed by atoms with Gasteiger partial charge in [-0.15, -0.1) is 0 Å². The summed E-state index contributed by atoms with van der Waals surface area (Å²) in [6.07, 6.45) is 0. The molecule has 0 atom stereocenters. The number of hydrogen-bond donors (Lipinski definition) is 0. The van der Waals surface area contributed by atoms with Gasteiger partial charge in [0.25, 0.3) is 0 Å². The Balaban J connectivity index is 0.845. The van der Waals surface area contributed by atoms with Crippen molar-refractivity contribution in [3.63, 3.8) is 0 Å². The van der Waals surface area contributed by atoms with Crippen molar-refractivity contribution < 1.29 is 0 Å². The van der Waals surface area contributed by atoms with E-state index in [0.29, 0.717) is 0 Å². The zero-order chi connectivity index (χ0) is 46.1. The number of aromatic nitrogens is 1. The van der Waals surface area contributed by atoms with Gasteiger partial charge in [-0.1, -0.05) is 202 Å².